The molecule has 128 valence electrons. The number of hydrogen-bond donors (Lipinski definition) is 2. The Bertz CT molecular complexity index is 566. The Balaban J connectivity index is 0.00000264. The molecule has 6 nitrogen and oxygen atoms in total. The van der Waals surface area contributed by atoms with Gasteiger partial charge in [0, 0.05) is 23.6 Å². The largest absolute Gasteiger partial charge is 0.348 e. The molecule has 0 bridgehead atoms. The molecular formula is C15H22ClN3O3S. The molecule has 23 heavy (non-hydrogen) atoms. The standard InChI is InChI=1S/C15H21N3O3S.ClH/c1-10(14(19)17-15(2,9-16)11-3-4-11)22-13-7-5-12(6-8-13)18(20)21;/h5-8,10-11H,3-4,9,16H2,1-2H3,(H,17,19);1H. The van der Waals surface area contributed by atoms with Gasteiger partial charge in [-0.3, -0.25) is 14.9 Å². The van der Waals surface area contributed by atoms with Gasteiger partial charge in [0.05, 0.1) is 15.7 Å². The number of benzene rings is 1. The van der Waals surface area contributed by atoms with Gasteiger partial charge in [0.1, 0.15) is 0 Å². The van der Waals surface area contributed by atoms with E-state index in [9.17, 15) is 14.9 Å². The summed E-state index contributed by atoms with van der Waals surface area (Å²) < 4.78 is 0. The molecule has 1 amide bonds. The lowest BCUT2D eigenvalue weighted by Gasteiger charge is -2.30. The molecule has 1 aliphatic rings. The first-order chi connectivity index (χ1) is 10.4. The van der Waals surface area contributed by atoms with Crippen LogP contribution >= 0.6 is 24.2 Å². The Morgan fingerprint density at radius 2 is 2.04 bits per heavy atom. The summed E-state index contributed by atoms with van der Waals surface area (Å²) in [5.74, 6) is 0.418. The molecule has 0 spiro atoms. The number of halogens is 1. The Labute approximate surface area is 146 Å². The van der Waals surface area contributed by atoms with Crippen LogP contribution in [0.1, 0.15) is 26.7 Å². The second-order valence-electron chi connectivity index (χ2n) is 5.90. The highest BCUT2D eigenvalue weighted by molar-refractivity contribution is 8.00. The molecule has 2 unspecified atom stereocenters. The van der Waals surface area contributed by atoms with Crippen molar-refractivity contribution >= 4 is 35.8 Å². The molecule has 3 N–H and O–H groups in total. The predicted octanol–water partition coefficient (Wildman–Crippen LogP) is 2.74. The summed E-state index contributed by atoms with van der Waals surface area (Å²) in [7, 11) is 0. The van der Waals surface area contributed by atoms with Crippen LogP contribution in [0.4, 0.5) is 5.69 Å². The Morgan fingerprint density at radius 3 is 2.48 bits per heavy atom. The number of thioether (sulfide) groups is 1. The van der Waals surface area contributed by atoms with E-state index in [0.29, 0.717) is 12.5 Å². The van der Waals surface area contributed by atoms with E-state index in [1.165, 1.54) is 23.9 Å². The van der Waals surface area contributed by atoms with Crippen molar-refractivity contribution in [2.24, 2.45) is 11.7 Å². The number of nitrogens with zero attached hydrogens (tertiary/aromatic N) is 1. The van der Waals surface area contributed by atoms with Crippen molar-refractivity contribution in [1.82, 2.24) is 5.32 Å². The summed E-state index contributed by atoms with van der Waals surface area (Å²) in [5.41, 5.74) is 5.52. The molecule has 1 saturated carbocycles. The number of hydrogen-bond acceptors (Lipinski definition) is 5. The molecule has 2 rings (SSSR count). The lowest BCUT2D eigenvalue weighted by atomic mass is 9.96. The summed E-state index contributed by atoms with van der Waals surface area (Å²) in [6.45, 7) is 4.25. The number of carbonyl (C=O) groups excluding carboxylic acids is 1. The molecule has 1 fully saturated rings. The van der Waals surface area contributed by atoms with E-state index < -0.39 is 4.92 Å². The quantitative estimate of drug-likeness (QED) is 0.443. The maximum atomic E-state index is 12.3. The number of nitrogens with two attached hydrogens (primary N) is 1. The first-order valence-electron chi connectivity index (χ1n) is 7.29. The van der Waals surface area contributed by atoms with E-state index in [2.05, 4.69) is 5.32 Å². The van der Waals surface area contributed by atoms with Gasteiger partial charge in [-0.05, 0) is 44.7 Å². The van der Waals surface area contributed by atoms with Gasteiger partial charge in [-0.1, -0.05) is 0 Å². The highest BCUT2D eigenvalue weighted by Crippen LogP contribution is 2.39. The molecular weight excluding hydrogens is 338 g/mol. The van der Waals surface area contributed by atoms with Gasteiger partial charge in [0.25, 0.3) is 5.69 Å². The van der Waals surface area contributed by atoms with Crippen molar-refractivity contribution in [3.8, 4) is 0 Å². The van der Waals surface area contributed by atoms with E-state index >= 15 is 0 Å². The Kier molecular flexibility index (Phi) is 6.85. The molecule has 0 heterocycles. The summed E-state index contributed by atoms with van der Waals surface area (Å²) >= 11 is 1.38. The van der Waals surface area contributed by atoms with Crippen LogP contribution in [0.5, 0.6) is 0 Å². The third-order valence-corrected chi connectivity index (χ3v) is 5.15. The average Bonchev–Trinajstić information content (AvgIpc) is 3.32. The van der Waals surface area contributed by atoms with Crippen LogP contribution in [-0.2, 0) is 4.79 Å². The van der Waals surface area contributed by atoms with E-state index in [1.54, 1.807) is 12.1 Å². The lowest BCUT2D eigenvalue weighted by Crippen LogP contribution is -2.54. The summed E-state index contributed by atoms with van der Waals surface area (Å²) in [4.78, 5) is 23.3. The van der Waals surface area contributed by atoms with Crippen LogP contribution < -0.4 is 11.1 Å². The molecule has 0 aliphatic heterocycles. The maximum Gasteiger partial charge on any atom is 0.269 e. The van der Waals surface area contributed by atoms with Gasteiger partial charge < -0.3 is 11.1 Å². The molecule has 1 aliphatic carbocycles. The van der Waals surface area contributed by atoms with Crippen LogP contribution in [0, 0.1) is 16.0 Å². The van der Waals surface area contributed by atoms with Crippen molar-refractivity contribution in [2.75, 3.05) is 6.54 Å². The minimum atomic E-state index is -0.438. The molecule has 0 saturated heterocycles. The summed E-state index contributed by atoms with van der Waals surface area (Å²) in [5, 5.41) is 13.4. The van der Waals surface area contributed by atoms with Gasteiger partial charge in [0.15, 0.2) is 0 Å². The monoisotopic (exact) mass is 359 g/mol. The van der Waals surface area contributed by atoms with E-state index in [4.69, 9.17) is 5.73 Å². The number of non-ortho nitro benzene ring substituents is 1. The number of nitro benzene ring substituents is 1. The zero-order valence-corrected chi connectivity index (χ0v) is 14.8. The second kappa shape index (κ2) is 7.99. The zero-order valence-electron chi connectivity index (χ0n) is 13.2. The molecule has 1 aromatic rings. The Morgan fingerprint density at radius 1 is 1.48 bits per heavy atom. The van der Waals surface area contributed by atoms with Crippen molar-refractivity contribution in [2.45, 2.75) is 42.4 Å². The predicted molar refractivity (Wildman–Crippen MR) is 94.0 cm³/mol. The molecule has 2 atom stereocenters. The van der Waals surface area contributed by atoms with Crippen molar-refractivity contribution in [1.29, 1.82) is 0 Å². The van der Waals surface area contributed by atoms with E-state index in [-0.39, 0.29) is 34.8 Å². The van der Waals surface area contributed by atoms with Crippen molar-refractivity contribution in [3.05, 3.63) is 34.4 Å². The third kappa shape index (κ3) is 5.09. The van der Waals surface area contributed by atoms with Gasteiger partial charge in [-0.25, -0.2) is 0 Å². The molecule has 0 aromatic heterocycles. The van der Waals surface area contributed by atoms with E-state index in [0.717, 1.165) is 17.7 Å². The smallest absolute Gasteiger partial charge is 0.269 e. The number of amides is 1. The van der Waals surface area contributed by atoms with Crippen molar-refractivity contribution < 1.29 is 9.72 Å². The van der Waals surface area contributed by atoms with E-state index in [1.807, 2.05) is 13.8 Å². The SMILES string of the molecule is CC(Sc1ccc([N+](=O)[O-])cc1)C(=O)NC(C)(CN)C1CC1.Cl. The van der Waals surface area contributed by atoms with Crippen LogP contribution in [0.15, 0.2) is 29.2 Å². The van der Waals surface area contributed by atoms with Gasteiger partial charge >= 0.3 is 0 Å². The first kappa shape index (κ1) is 19.7. The lowest BCUT2D eigenvalue weighted by molar-refractivity contribution is -0.384. The van der Waals surface area contributed by atoms with Gasteiger partial charge in [0.2, 0.25) is 5.91 Å². The fourth-order valence-corrected chi connectivity index (χ4v) is 3.19. The summed E-state index contributed by atoms with van der Waals surface area (Å²) in [6.07, 6.45) is 2.22. The van der Waals surface area contributed by atoms with Gasteiger partial charge in [-0.15, -0.1) is 24.2 Å². The normalized spacial score (nSPS) is 17.5. The molecule has 8 heteroatoms. The Hall–Kier alpha value is -1.31. The highest BCUT2D eigenvalue weighted by Gasteiger charge is 2.42. The minimum absolute atomic E-state index is 0. The highest BCUT2D eigenvalue weighted by atomic mass is 35.5. The maximum absolute atomic E-state index is 12.3. The van der Waals surface area contributed by atoms with Crippen LogP contribution in [0.25, 0.3) is 0 Å². The van der Waals surface area contributed by atoms with Crippen molar-refractivity contribution in [3.63, 3.8) is 0 Å². The molecule has 1 aromatic carbocycles. The van der Waals surface area contributed by atoms with Gasteiger partial charge in [-0.2, -0.15) is 0 Å². The second-order valence-corrected chi connectivity index (χ2v) is 7.31. The number of rotatable bonds is 7. The average molecular weight is 360 g/mol. The van der Waals surface area contributed by atoms with Crippen LogP contribution in [-0.4, -0.2) is 28.2 Å². The van der Waals surface area contributed by atoms with Crippen LogP contribution in [0.3, 0.4) is 0 Å². The van der Waals surface area contributed by atoms with Crippen LogP contribution in [0.2, 0.25) is 0 Å². The topological polar surface area (TPSA) is 98.3 Å². The molecule has 0 radical (unpaired) electrons. The fraction of sp³-hybridized carbons (Fsp3) is 0.533. The minimum Gasteiger partial charge on any atom is -0.348 e. The first-order valence-corrected chi connectivity index (χ1v) is 8.17. The zero-order chi connectivity index (χ0) is 16.3. The fourth-order valence-electron chi connectivity index (χ4n) is 2.33. The third-order valence-electron chi connectivity index (χ3n) is 4.04. The number of carbonyl (C=O) groups is 1. The number of nitrogens with one attached hydrogen (secondary N) is 1. The summed E-state index contributed by atoms with van der Waals surface area (Å²) in [6, 6.07) is 6.22. The number of nitro groups is 1.